The smallest absolute Gasteiger partial charge is 0.224 e. The van der Waals surface area contributed by atoms with E-state index < -0.39 is 0 Å². The van der Waals surface area contributed by atoms with Gasteiger partial charge >= 0.3 is 0 Å². The molecule has 3 nitrogen and oxygen atoms in total. The van der Waals surface area contributed by atoms with Crippen LogP contribution in [0, 0.1) is 13.8 Å². The highest BCUT2D eigenvalue weighted by molar-refractivity contribution is 5.79. The first-order valence-corrected chi connectivity index (χ1v) is 10.2. The zero-order valence-electron chi connectivity index (χ0n) is 16.4. The number of rotatable bonds is 3. The molecule has 4 rings (SSSR count). The van der Waals surface area contributed by atoms with Gasteiger partial charge in [-0.25, -0.2) is 0 Å². The number of amides is 1. The van der Waals surface area contributed by atoms with E-state index in [0.717, 1.165) is 36.1 Å². The van der Waals surface area contributed by atoms with E-state index in [1.807, 2.05) is 18.2 Å². The number of hydrogen-bond acceptors (Lipinski definition) is 2. The van der Waals surface area contributed by atoms with Crippen molar-refractivity contribution in [2.24, 2.45) is 0 Å². The summed E-state index contributed by atoms with van der Waals surface area (Å²) in [7, 11) is 0. The molecule has 0 bridgehead atoms. The van der Waals surface area contributed by atoms with Gasteiger partial charge in [-0.1, -0.05) is 48.4 Å². The first kappa shape index (κ1) is 18.1. The van der Waals surface area contributed by atoms with Gasteiger partial charge in [0.2, 0.25) is 5.91 Å². The van der Waals surface area contributed by atoms with E-state index in [1.165, 1.54) is 30.4 Å². The zero-order chi connectivity index (χ0) is 18.9. The summed E-state index contributed by atoms with van der Waals surface area (Å²) in [5.74, 6) is 1.04. The minimum absolute atomic E-state index is 0.0336. The van der Waals surface area contributed by atoms with Crippen LogP contribution in [0.1, 0.15) is 66.8 Å². The second-order valence-corrected chi connectivity index (χ2v) is 8.31. The molecule has 1 fully saturated rings. The van der Waals surface area contributed by atoms with Gasteiger partial charge in [0.15, 0.2) is 0 Å². The van der Waals surface area contributed by atoms with Gasteiger partial charge in [-0.2, -0.15) is 0 Å². The topological polar surface area (TPSA) is 38.3 Å². The van der Waals surface area contributed by atoms with E-state index in [-0.39, 0.29) is 17.6 Å². The summed E-state index contributed by atoms with van der Waals surface area (Å²) in [5.41, 5.74) is 4.52. The summed E-state index contributed by atoms with van der Waals surface area (Å²) in [6.45, 7) is 4.16. The fourth-order valence-electron chi connectivity index (χ4n) is 4.71. The van der Waals surface area contributed by atoms with Crippen molar-refractivity contribution in [3.8, 4) is 5.75 Å². The molecule has 1 aliphatic heterocycles. The largest absolute Gasteiger partial charge is 0.487 e. The second kappa shape index (κ2) is 7.38. The molecule has 1 saturated carbocycles. The lowest BCUT2D eigenvalue weighted by Gasteiger charge is -2.44. The SMILES string of the molecule is Cc1ccc(CC(=O)NC2CC3(CCCCC3)Oc3ccccc32)c(C)c1. The minimum atomic E-state index is -0.107. The molecular formula is C24H29NO2. The molecule has 1 unspecified atom stereocenters. The predicted molar refractivity (Wildman–Crippen MR) is 108 cm³/mol. The fourth-order valence-corrected chi connectivity index (χ4v) is 4.71. The standard InChI is InChI=1S/C24H29NO2/c1-17-10-11-19(18(2)14-17)15-23(26)25-21-16-24(12-6-3-7-13-24)27-22-9-5-4-8-20(21)22/h4-5,8-11,14,21H,3,6-7,12-13,15-16H2,1-2H3,(H,25,26). The lowest BCUT2D eigenvalue weighted by atomic mass is 9.77. The van der Waals surface area contributed by atoms with Crippen LogP contribution in [0.15, 0.2) is 42.5 Å². The Morgan fingerprint density at radius 2 is 1.89 bits per heavy atom. The number of ether oxygens (including phenoxy) is 1. The number of aryl methyl sites for hydroxylation is 2. The van der Waals surface area contributed by atoms with Gasteiger partial charge < -0.3 is 10.1 Å². The molecule has 0 aromatic heterocycles. The van der Waals surface area contributed by atoms with Crippen LogP contribution in [0.2, 0.25) is 0 Å². The molecule has 2 aromatic rings. The van der Waals surface area contributed by atoms with E-state index in [0.29, 0.717) is 6.42 Å². The molecular weight excluding hydrogens is 334 g/mol. The number of nitrogens with one attached hydrogen (secondary N) is 1. The van der Waals surface area contributed by atoms with Gasteiger partial charge in [-0.3, -0.25) is 4.79 Å². The van der Waals surface area contributed by atoms with Crippen LogP contribution in [-0.2, 0) is 11.2 Å². The second-order valence-electron chi connectivity index (χ2n) is 8.31. The molecule has 0 radical (unpaired) electrons. The molecule has 1 N–H and O–H groups in total. The Balaban J connectivity index is 1.53. The molecule has 142 valence electrons. The number of fused-ring (bicyclic) bond motifs is 1. The summed E-state index contributed by atoms with van der Waals surface area (Å²) < 4.78 is 6.47. The highest BCUT2D eigenvalue weighted by Gasteiger charge is 2.42. The molecule has 2 aliphatic rings. The van der Waals surface area contributed by atoms with Crippen molar-refractivity contribution in [3.05, 3.63) is 64.7 Å². The van der Waals surface area contributed by atoms with Crippen molar-refractivity contribution in [1.29, 1.82) is 0 Å². The first-order valence-electron chi connectivity index (χ1n) is 10.2. The van der Waals surface area contributed by atoms with Gasteiger partial charge in [0.25, 0.3) is 0 Å². The Kier molecular flexibility index (Phi) is 4.94. The molecule has 1 spiro atoms. The Morgan fingerprint density at radius 1 is 1.11 bits per heavy atom. The lowest BCUT2D eigenvalue weighted by Crippen LogP contribution is -2.46. The molecule has 3 heteroatoms. The van der Waals surface area contributed by atoms with Crippen LogP contribution in [0.3, 0.4) is 0 Å². The van der Waals surface area contributed by atoms with Crippen LogP contribution in [0.25, 0.3) is 0 Å². The van der Waals surface area contributed by atoms with Crippen molar-refractivity contribution in [3.63, 3.8) is 0 Å². The molecule has 0 saturated heterocycles. The molecule has 1 amide bonds. The van der Waals surface area contributed by atoms with E-state index in [1.54, 1.807) is 0 Å². The molecule has 1 aliphatic carbocycles. The number of hydrogen-bond donors (Lipinski definition) is 1. The van der Waals surface area contributed by atoms with Crippen LogP contribution in [0.4, 0.5) is 0 Å². The van der Waals surface area contributed by atoms with Gasteiger partial charge in [-0.15, -0.1) is 0 Å². The maximum atomic E-state index is 12.8. The average Bonchev–Trinajstić information content (AvgIpc) is 2.64. The third-order valence-electron chi connectivity index (χ3n) is 6.15. The highest BCUT2D eigenvalue weighted by Crippen LogP contribution is 2.46. The summed E-state index contributed by atoms with van der Waals surface area (Å²) in [4.78, 5) is 12.8. The normalized spacial score (nSPS) is 20.6. The number of carbonyl (C=O) groups excluding carboxylic acids is 1. The van der Waals surface area contributed by atoms with Crippen LogP contribution in [0.5, 0.6) is 5.75 Å². The van der Waals surface area contributed by atoms with E-state index in [9.17, 15) is 4.79 Å². The summed E-state index contributed by atoms with van der Waals surface area (Å²) in [6.07, 6.45) is 7.20. The third kappa shape index (κ3) is 3.87. The Hall–Kier alpha value is -2.29. The molecule has 27 heavy (non-hydrogen) atoms. The monoisotopic (exact) mass is 363 g/mol. The Morgan fingerprint density at radius 3 is 2.67 bits per heavy atom. The Bertz CT molecular complexity index is 836. The van der Waals surface area contributed by atoms with Gasteiger partial charge in [0.05, 0.1) is 12.5 Å². The van der Waals surface area contributed by atoms with Crippen molar-refractivity contribution < 1.29 is 9.53 Å². The first-order chi connectivity index (χ1) is 13.0. The van der Waals surface area contributed by atoms with Gasteiger partial charge in [-0.05, 0) is 56.7 Å². The predicted octanol–water partition coefficient (Wildman–Crippen LogP) is 5.19. The lowest BCUT2D eigenvalue weighted by molar-refractivity contribution is -0.122. The molecule has 1 heterocycles. The quantitative estimate of drug-likeness (QED) is 0.815. The maximum absolute atomic E-state index is 12.8. The Labute approximate surface area is 162 Å². The van der Waals surface area contributed by atoms with Gasteiger partial charge in [0.1, 0.15) is 11.4 Å². The average molecular weight is 364 g/mol. The minimum Gasteiger partial charge on any atom is -0.487 e. The summed E-state index contributed by atoms with van der Waals surface area (Å²) in [6, 6.07) is 14.5. The maximum Gasteiger partial charge on any atom is 0.224 e. The van der Waals surface area contributed by atoms with Crippen molar-refractivity contribution in [2.45, 2.75) is 70.4 Å². The zero-order valence-corrected chi connectivity index (χ0v) is 16.4. The van der Waals surface area contributed by atoms with Gasteiger partial charge in [0, 0.05) is 12.0 Å². The van der Waals surface area contributed by atoms with E-state index in [4.69, 9.17) is 4.74 Å². The van der Waals surface area contributed by atoms with E-state index in [2.05, 4.69) is 43.4 Å². The third-order valence-corrected chi connectivity index (χ3v) is 6.15. The fraction of sp³-hybridized carbons (Fsp3) is 0.458. The number of para-hydroxylation sites is 1. The summed E-state index contributed by atoms with van der Waals surface area (Å²) in [5, 5.41) is 3.32. The highest BCUT2D eigenvalue weighted by atomic mass is 16.5. The number of carbonyl (C=O) groups is 1. The molecule has 1 atom stereocenters. The van der Waals surface area contributed by atoms with Crippen LogP contribution in [-0.4, -0.2) is 11.5 Å². The van der Waals surface area contributed by atoms with Crippen molar-refractivity contribution in [2.75, 3.05) is 0 Å². The van der Waals surface area contributed by atoms with E-state index >= 15 is 0 Å². The molecule has 2 aromatic carbocycles. The van der Waals surface area contributed by atoms with Crippen LogP contribution < -0.4 is 10.1 Å². The number of benzene rings is 2. The van der Waals surface area contributed by atoms with Crippen LogP contribution >= 0.6 is 0 Å². The summed E-state index contributed by atoms with van der Waals surface area (Å²) >= 11 is 0. The van der Waals surface area contributed by atoms with Crippen molar-refractivity contribution in [1.82, 2.24) is 5.32 Å². The van der Waals surface area contributed by atoms with Crippen molar-refractivity contribution >= 4 is 5.91 Å².